The molecular formula is C9H10FNO. The maximum atomic E-state index is 12.9. The van der Waals surface area contributed by atoms with Crippen molar-refractivity contribution in [1.29, 1.82) is 0 Å². The van der Waals surface area contributed by atoms with Gasteiger partial charge in [0.2, 0.25) is 0 Å². The molecule has 0 radical (unpaired) electrons. The van der Waals surface area contributed by atoms with E-state index in [9.17, 15) is 9.18 Å². The maximum Gasteiger partial charge on any atom is 0.182 e. The molecule has 1 rings (SSSR count). The molecule has 0 saturated carbocycles. The van der Waals surface area contributed by atoms with Crippen LogP contribution in [0.25, 0.3) is 0 Å². The second kappa shape index (κ2) is 3.45. The second-order valence-corrected chi connectivity index (χ2v) is 2.63. The summed E-state index contributed by atoms with van der Waals surface area (Å²) in [6.45, 7) is 1.54. The van der Waals surface area contributed by atoms with Gasteiger partial charge in [0.15, 0.2) is 5.78 Å². The van der Waals surface area contributed by atoms with Gasteiger partial charge < -0.3 is 5.73 Å². The van der Waals surface area contributed by atoms with Gasteiger partial charge in [-0.25, -0.2) is 4.39 Å². The Labute approximate surface area is 70.2 Å². The summed E-state index contributed by atoms with van der Waals surface area (Å²) < 4.78 is 12.9. The zero-order chi connectivity index (χ0) is 9.14. The lowest BCUT2D eigenvalue weighted by Crippen LogP contribution is -2.27. The molecule has 0 aliphatic heterocycles. The quantitative estimate of drug-likeness (QED) is 0.676. The van der Waals surface area contributed by atoms with Crippen LogP contribution in [0.2, 0.25) is 0 Å². The molecule has 0 amide bonds. The number of benzene rings is 1. The van der Waals surface area contributed by atoms with Crippen LogP contribution in [-0.2, 0) is 0 Å². The van der Waals surface area contributed by atoms with Crippen LogP contribution in [0.15, 0.2) is 24.3 Å². The van der Waals surface area contributed by atoms with E-state index in [4.69, 9.17) is 5.73 Å². The Morgan fingerprint density at radius 3 is 2.58 bits per heavy atom. The molecule has 64 valence electrons. The Balaban J connectivity index is 3.03. The Hall–Kier alpha value is -1.22. The van der Waals surface area contributed by atoms with Crippen LogP contribution < -0.4 is 5.73 Å². The van der Waals surface area contributed by atoms with Crippen molar-refractivity contribution in [2.45, 2.75) is 13.0 Å². The van der Waals surface area contributed by atoms with Gasteiger partial charge in [0.1, 0.15) is 5.82 Å². The first-order valence-electron chi connectivity index (χ1n) is 3.67. The van der Waals surface area contributed by atoms with Crippen LogP contribution in [-0.4, -0.2) is 11.8 Å². The van der Waals surface area contributed by atoms with E-state index in [2.05, 4.69) is 0 Å². The van der Waals surface area contributed by atoms with E-state index >= 15 is 0 Å². The summed E-state index contributed by atoms with van der Waals surface area (Å²) in [5.41, 5.74) is 5.38. The normalized spacial score (nSPS) is 12.6. The first-order chi connectivity index (χ1) is 5.63. The fourth-order valence-electron chi connectivity index (χ4n) is 0.906. The van der Waals surface area contributed by atoms with Crippen molar-refractivity contribution in [3.05, 3.63) is 35.6 Å². The van der Waals surface area contributed by atoms with Crippen molar-refractivity contribution in [1.82, 2.24) is 0 Å². The van der Waals surface area contributed by atoms with Gasteiger partial charge in [-0.2, -0.15) is 0 Å². The predicted molar refractivity (Wildman–Crippen MR) is 44.4 cm³/mol. The first-order valence-corrected chi connectivity index (χ1v) is 3.67. The molecule has 0 saturated heterocycles. The molecule has 1 atom stereocenters. The second-order valence-electron chi connectivity index (χ2n) is 2.63. The highest BCUT2D eigenvalue weighted by Gasteiger charge is 2.13. The fourth-order valence-corrected chi connectivity index (χ4v) is 0.906. The molecular weight excluding hydrogens is 157 g/mol. The van der Waals surface area contributed by atoms with Crippen LogP contribution >= 0.6 is 0 Å². The average Bonchev–Trinajstić information content (AvgIpc) is 2.04. The summed E-state index contributed by atoms with van der Waals surface area (Å²) in [6.07, 6.45) is 0. The highest BCUT2D eigenvalue weighted by molar-refractivity contribution is 5.99. The lowest BCUT2D eigenvalue weighted by atomic mass is 10.1. The molecule has 1 aromatic rings. The van der Waals surface area contributed by atoms with E-state index in [0.29, 0.717) is 0 Å². The molecule has 12 heavy (non-hydrogen) atoms. The molecule has 3 heteroatoms. The van der Waals surface area contributed by atoms with Gasteiger partial charge in [-0.3, -0.25) is 4.79 Å². The number of ketones is 1. The van der Waals surface area contributed by atoms with Crippen molar-refractivity contribution in [3.8, 4) is 0 Å². The number of carbonyl (C=O) groups is 1. The smallest absolute Gasteiger partial charge is 0.182 e. The highest BCUT2D eigenvalue weighted by atomic mass is 19.1. The van der Waals surface area contributed by atoms with Gasteiger partial charge in [0.05, 0.1) is 11.6 Å². The Kier molecular flexibility index (Phi) is 2.55. The van der Waals surface area contributed by atoms with Gasteiger partial charge in [0.25, 0.3) is 0 Å². The SMILES string of the molecule is CC(N)C(=O)c1ccccc1F. The summed E-state index contributed by atoms with van der Waals surface area (Å²) in [7, 11) is 0. The maximum absolute atomic E-state index is 12.9. The third-order valence-corrected chi connectivity index (χ3v) is 1.55. The number of hydrogen-bond acceptors (Lipinski definition) is 2. The molecule has 0 aliphatic carbocycles. The van der Waals surface area contributed by atoms with E-state index in [0.717, 1.165) is 0 Å². The fraction of sp³-hybridized carbons (Fsp3) is 0.222. The Bertz CT molecular complexity index is 296. The Morgan fingerprint density at radius 1 is 1.50 bits per heavy atom. The minimum atomic E-state index is -0.651. The zero-order valence-corrected chi connectivity index (χ0v) is 6.75. The molecule has 2 nitrogen and oxygen atoms in total. The molecule has 2 N–H and O–H groups in total. The molecule has 0 fully saturated rings. The van der Waals surface area contributed by atoms with Gasteiger partial charge >= 0.3 is 0 Å². The number of halogens is 1. The third kappa shape index (κ3) is 1.68. The van der Waals surface area contributed by atoms with Crippen LogP contribution in [0.5, 0.6) is 0 Å². The standard InChI is InChI=1S/C9H10FNO/c1-6(11)9(12)7-4-2-3-5-8(7)10/h2-6H,11H2,1H3. The minimum Gasteiger partial charge on any atom is -0.321 e. The first kappa shape index (κ1) is 8.87. The van der Waals surface area contributed by atoms with Gasteiger partial charge in [0, 0.05) is 0 Å². The number of Topliss-reactive ketones (excluding diaryl/α,β-unsaturated/α-hetero) is 1. The summed E-state index contributed by atoms with van der Waals surface area (Å²) >= 11 is 0. The number of hydrogen-bond donors (Lipinski definition) is 1. The number of carbonyl (C=O) groups excluding carboxylic acids is 1. The van der Waals surface area contributed by atoms with Crippen LogP contribution in [0, 0.1) is 5.82 Å². The summed E-state index contributed by atoms with van der Waals surface area (Å²) in [5, 5.41) is 0. The monoisotopic (exact) mass is 167 g/mol. The van der Waals surface area contributed by atoms with Crippen molar-refractivity contribution in [3.63, 3.8) is 0 Å². The van der Waals surface area contributed by atoms with Gasteiger partial charge in [-0.1, -0.05) is 12.1 Å². The van der Waals surface area contributed by atoms with Gasteiger partial charge in [-0.15, -0.1) is 0 Å². The lowest BCUT2D eigenvalue weighted by Gasteiger charge is -2.04. The van der Waals surface area contributed by atoms with Gasteiger partial charge in [-0.05, 0) is 19.1 Å². The molecule has 0 aromatic heterocycles. The number of rotatable bonds is 2. The molecule has 1 aromatic carbocycles. The van der Waals surface area contributed by atoms with E-state index in [1.807, 2.05) is 0 Å². The Morgan fingerprint density at radius 2 is 2.08 bits per heavy atom. The van der Waals surface area contributed by atoms with Crippen LogP contribution in [0.3, 0.4) is 0 Å². The molecule has 0 spiro atoms. The highest BCUT2D eigenvalue weighted by Crippen LogP contribution is 2.08. The molecule has 0 aliphatic rings. The number of nitrogens with two attached hydrogens (primary N) is 1. The van der Waals surface area contributed by atoms with Crippen LogP contribution in [0.4, 0.5) is 4.39 Å². The molecule has 1 unspecified atom stereocenters. The zero-order valence-electron chi connectivity index (χ0n) is 6.75. The molecule has 0 bridgehead atoms. The van der Waals surface area contributed by atoms with E-state index < -0.39 is 11.9 Å². The predicted octanol–water partition coefficient (Wildman–Crippen LogP) is 1.36. The largest absolute Gasteiger partial charge is 0.321 e. The van der Waals surface area contributed by atoms with E-state index in [1.54, 1.807) is 6.07 Å². The van der Waals surface area contributed by atoms with E-state index in [1.165, 1.54) is 25.1 Å². The summed E-state index contributed by atoms with van der Waals surface area (Å²) in [6, 6.07) is 5.17. The minimum absolute atomic E-state index is 0.0625. The van der Waals surface area contributed by atoms with Crippen molar-refractivity contribution < 1.29 is 9.18 Å². The van der Waals surface area contributed by atoms with Crippen molar-refractivity contribution >= 4 is 5.78 Å². The topological polar surface area (TPSA) is 43.1 Å². The van der Waals surface area contributed by atoms with Crippen molar-refractivity contribution in [2.24, 2.45) is 5.73 Å². The summed E-state index contributed by atoms with van der Waals surface area (Å²) in [5.74, 6) is -0.882. The van der Waals surface area contributed by atoms with E-state index in [-0.39, 0.29) is 11.3 Å². The molecule has 0 heterocycles. The average molecular weight is 167 g/mol. The third-order valence-electron chi connectivity index (χ3n) is 1.55. The van der Waals surface area contributed by atoms with Crippen LogP contribution in [0.1, 0.15) is 17.3 Å². The summed E-state index contributed by atoms with van der Waals surface area (Å²) in [4.78, 5) is 11.2. The van der Waals surface area contributed by atoms with Crippen molar-refractivity contribution in [2.75, 3.05) is 0 Å². The lowest BCUT2D eigenvalue weighted by molar-refractivity contribution is 0.0964.